The van der Waals surface area contributed by atoms with Crippen molar-refractivity contribution < 1.29 is 23.8 Å². The number of aryl methyl sites for hydroxylation is 1. The first-order valence-electron chi connectivity index (χ1n) is 5.78. The molecule has 1 saturated heterocycles. The van der Waals surface area contributed by atoms with E-state index in [0.717, 1.165) is 0 Å². The lowest BCUT2D eigenvalue weighted by Gasteiger charge is -2.11. The molecule has 2 heterocycles. The highest BCUT2D eigenvalue weighted by Gasteiger charge is 2.37. The molecule has 0 spiro atoms. The second kappa shape index (κ2) is 4.12. The molecule has 1 atom stereocenters. The fourth-order valence-corrected chi connectivity index (χ4v) is 2.09. The molecule has 1 aliphatic rings. The Balaban J connectivity index is 2.01. The average Bonchev–Trinajstić information content (AvgIpc) is 2.91. The summed E-state index contributed by atoms with van der Waals surface area (Å²) in [7, 11) is 1.57. The van der Waals surface area contributed by atoms with Crippen LogP contribution in [0.25, 0.3) is 11.1 Å². The number of carboxylic acids is 1. The summed E-state index contributed by atoms with van der Waals surface area (Å²) in [5.74, 6) is -1.71. The van der Waals surface area contributed by atoms with E-state index in [2.05, 4.69) is 0 Å². The van der Waals surface area contributed by atoms with Gasteiger partial charge in [0.1, 0.15) is 0 Å². The zero-order valence-corrected chi connectivity index (χ0v) is 10.4. The van der Waals surface area contributed by atoms with Crippen molar-refractivity contribution in [1.29, 1.82) is 0 Å². The van der Waals surface area contributed by atoms with Crippen LogP contribution in [-0.2, 0) is 16.6 Å². The molecule has 104 valence electrons. The summed E-state index contributed by atoms with van der Waals surface area (Å²) < 4.78 is 11.1. The van der Waals surface area contributed by atoms with Gasteiger partial charge in [0.2, 0.25) is 6.10 Å². The zero-order valence-electron chi connectivity index (χ0n) is 10.4. The molecule has 0 saturated carbocycles. The summed E-state index contributed by atoms with van der Waals surface area (Å²) in [5, 5.41) is 8.84. The van der Waals surface area contributed by atoms with E-state index in [-0.39, 0.29) is 6.54 Å². The second-order valence-electron chi connectivity index (χ2n) is 4.40. The predicted molar refractivity (Wildman–Crippen MR) is 66.7 cm³/mol. The number of carbonyl (C=O) groups is 2. The molecule has 0 bridgehead atoms. The van der Waals surface area contributed by atoms with Gasteiger partial charge in [-0.15, -0.1) is 0 Å². The lowest BCUT2D eigenvalue weighted by atomic mass is 10.2. The molecule has 2 aromatic rings. The number of fused-ring (bicyclic) bond motifs is 1. The molecular formula is C12H10N2O6. The molecule has 1 amide bonds. The van der Waals surface area contributed by atoms with Crippen LogP contribution in [-0.4, -0.2) is 34.4 Å². The maximum Gasteiger partial charge on any atom is 0.419 e. The molecule has 1 unspecified atom stereocenters. The number of carbonyl (C=O) groups excluding carboxylic acids is 1. The summed E-state index contributed by atoms with van der Waals surface area (Å²) in [4.78, 5) is 35.0. The number of anilines is 1. The first kappa shape index (κ1) is 12.3. The van der Waals surface area contributed by atoms with E-state index in [1.165, 1.54) is 15.5 Å². The quantitative estimate of drug-likeness (QED) is 0.860. The molecule has 0 radical (unpaired) electrons. The molecule has 8 nitrogen and oxygen atoms in total. The van der Waals surface area contributed by atoms with E-state index >= 15 is 0 Å². The van der Waals surface area contributed by atoms with Gasteiger partial charge < -0.3 is 14.3 Å². The lowest BCUT2D eigenvalue weighted by molar-refractivity contribution is -0.144. The minimum absolute atomic E-state index is 0.0866. The maximum atomic E-state index is 11.6. The van der Waals surface area contributed by atoms with Crippen molar-refractivity contribution in [2.75, 3.05) is 11.4 Å². The molecule has 1 fully saturated rings. The number of hydrogen-bond donors (Lipinski definition) is 1. The molecule has 1 aliphatic heterocycles. The van der Waals surface area contributed by atoms with Crippen molar-refractivity contribution in [3.8, 4) is 0 Å². The number of amides is 1. The predicted octanol–water partition coefficient (Wildman–Crippen LogP) is 0.541. The topological polar surface area (TPSA) is 102 Å². The summed E-state index contributed by atoms with van der Waals surface area (Å²) in [6, 6.07) is 4.72. The van der Waals surface area contributed by atoms with Crippen molar-refractivity contribution in [1.82, 2.24) is 4.57 Å². The smallest absolute Gasteiger partial charge is 0.419 e. The van der Waals surface area contributed by atoms with Crippen molar-refractivity contribution in [3.05, 3.63) is 28.7 Å². The summed E-state index contributed by atoms with van der Waals surface area (Å²) >= 11 is 0. The lowest BCUT2D eigenvalue weighted by Crippen LogP contribution is -2.27. The van der Waals surface area contributed by atoms with Gasteiger partial charge in [0.15, 0.2) is 5.58 Å². The van der Waals surface area contributed by atoms with Gasteiger partial charge in [0.05, 0.1) is 17.7 Å². The first-order chi connectivity index (χ1) is 9.47. The standard InChI is InChI=1S/C12H10N2O6/c1-13-7-3-2-6(4-8(7)19-11(13)17)14-5-9(10(15)16)20-12(14)18/h2-4,9H,5H2,1H3,(H,15,16). The Morgan fingerprint density at radius 3 is 2.80 bits per heavy atom. The number of carboxylic acid groups (broad SMARTS) is 1. The first-order valence-corrected chi connectivity index (χ1v) is 5.78. The van der Waals surface area contributed by atoms with Gasteiger partial charge >= 0.3 is 17.8 Å². The van der Waals surface area contributed by atoms with Crippen molar-refractivity contribution in [2.24, 2.45) is 7.05 Å². The SMILES string of the molecule is Cn1c(=O)oc2cc(N3CC(C(=O)O)OC3=O)ccc21. The summed E-state index contributed by atoms with van der Waals surface area (Å²) in [5.41, 5.74) is 1.32. The molecule has 20 heavy (non-hydrogen) atoms. The second-order valence-corrected chi connectivity index (χ2v) is 4.40. The fourth-order valence-electron chi connectivity index (χ4n) is 2.09. The van der Waals surface area contributed by atoms with Gasteiger partial charge in [-0.1, -0.05) is 0 Å². The van der Waals surface area contributed by atoms with Crippen LogP contribution in [0.15, 0.2) is 27.4 Å². The highest BCUT2D eigenvalue weighted by atomic mass is 16.6. The molecule has 1 aromatic heterocycles. The highest BCUT2D eigenvalue weighted by Crippen LogP contribution is 2.25. The Bertz CT molecular complexity index is 774. The number of rotatable bonds is 2. The molecule has 1 N–H and O–H groups in total. The Labute approximate surface area is 111 Å². The van der Waals surface area contributed by atoms with Crippen LogP contribution in [0.4, 0.5) is 10.5 Å². The molecule has 1 aromatic carbocycles. The third-order valence-corrected chi connectivity index (χ3v) is 3.17. The van der Waals surface area contributed by atoms with E-state index in [1.54, 1.807) is 19.2 Å². The Hall–Kier alpha value is -2.77. The van der Waals surface area contributed by atoms with Gasteiger partial charge in [-0.2, -0.15) is 0 Å². The van der Waals surface area contributed by atoms with E-state index in [1.807, 2.05) is 0 Å². The summed E-state index contributed by atoms with van der Waals surface area (Å²) in [6.45, 7) is -0.0866. The Morgan fingerprint density at radius 2 is 2.15 bits per heavy atom. The third-order valence-electron chi connectivity index (χ3n) is 3.17. The number of aromatic nitrogens is 1. The van der Waals surface area contributed by atoms with E-state index in [0.29, 0.717) is 16.8 Å². The van der Waals surface area contributed by atoms with Crippen LogP contribution in [0.3, 0.4) is 0 Å². The van der Waals surface area contributed by atoms with Crippen LogP contribution in [0.5, 0.6) is 0 Å². The van der Waals surface area contributed by atoms with Crippen LogP contribution >= 0.6 is 0 Å². The van der Waals surface area contributed by atoms with Crippen LogP contribution in [0, 0.1) is 0 Å². The summed E-state index contributed by atoms with van der Waals surface area (Å²) in [6.07, 6.45) is -1.93. The molecule has 8 heteroatoms. The van der Waals surface area contributed by atoms with Crippen LogP contribution in [0.1, 0.15) is 0 Å². The van der Waals surface area contributed by atoms with Gasteiger partial charge in [-0.25, -0.2) is 14.4 Å². The highest BCUT2D eigenvalue weighted by molar-refractivity contribution is 5.95. The normalized spacial score (nSPS) is 18.6. The number of benzene rings is 1. The van der Waals surface area contributed by atoms with E-state index in [4.69, 9.17) is 14.3 Å². The molecule has 3 rings (SSSR count). The minimum atomic E-state index is -1.20. The number of cyclic esters (lactones) is 1. The largest absolute Gasteiger partial charge is 0.478 e. The average molecular weight is 278 g/mol. The number of hydrogen-bond acceptors (Lipinski definition) is 5. The van der Waals surface area contributed by atoms with Crippen molar-refractivity contribution >= 4 is 28.8 Å². The number of aliphatic carboxylic acids is 1. The van der Waals surface area contributed by atoms with Gasteiger partial charge in [-0.3, -0.25) is 9.47 Å². The van der Waals surface area contributed by atoms with Crippen LogP contribution in [0.2, 0.25) is 0 Å². The Morgan fingerprint density at radius 1 is 1.40 bits per heavy atom. The van der Waals surface area contributed by atoms with Gasteiger partial charge in [-0.05, 0) is 12.1 Å². The monoisotopic (exact) mass is 278 g/mol. The molecule has 0 aliphatic carbocycles. The van der Waals surface area contributed by atoms with E-state index < -0.39 is 23.9 Å². The number of ether oxygens (including phenoxy) is 1. The fraction of sp³-hybridized carbons (Fsp3) is 0.250. The number of nitrogens with zero attached hydrogens (tertiary/aromatic N) is 2. The van der Waals surface area contributed by atoms with E-state index in [9.17, 15) is 14.4 Å². The minimum Gasteiger partial charge on any atom is -0.478 e. The van der Waals surface area contributed by atoms with Gasteiger partial charge in [0.25, 0.3) is 0 Å². The zero-order chi connectivity index (χ0) is 14.4. The molecular weight excluding hydrogens is 268 g/mol. The number of oxazole rings is 1. The third kappa shape index (κ3) is 1.73. The van der Waals surface area contributed by atoms with Gasteiger partial charge in [0, 0.05) is 13.1 Å². The maximum absolute atomic E-state index is 11.6. The van der Waals surface area contributed by atoms with Crippen molar-refractivity contribution in [3.63, 3.8) is 0 Å². The van der Waals surface area contributed by atoms with Crippen LogP contribution < -0.4 is 10.7 Å². The Kier molecular flexibility index (Phi) is 2.53. The van der Waals surface area contributed by atoms with Crippen molar-refractivity contribution in [2.45, 2.75) is 6.10 Å².